The standard InChI is InChI=1S/C25H29N3O4S2/c1-31-21-13-19-20(14-22(21)32-2)27-25(34-16-23(29)26-15-18-9-6-12-33-18)28(24(19)30)11-10-17-7-4-3-5-8-17/h6-7,9,12-14H,3-5,8,10-11,15-16H2,1-2H3,(H,26,29). The van der Waals surface area contributed by atoms with Gasteiger partial charge in [0.1, 0.15) is 0 Å². The Kier molecular flexibility index (Phi) is 8.29. The van der Waals surface area contributed by atoms with Crippen LogP contribution in [-0.2, 0) is 17.9 Å². The van der Waals surface area contributed by atoms with Gasteiger partial charge in [0.25, 0.3) is 5.56 Å². The van der Waals surface area contributed by atoms with E-state index in [4.69, 9.17) is 14.5 Å². The summed E-state index contributed by atoms with van der Waals surface area (Å²) in [5, 5.41) is 5.93. The Hall–Kier alpha value is -2.78. The number of hydrogen-bond acceptors (Lipinski definition) is 7. The van der Waals surface area contributed by atoms with Crippen LogP contribution in [0.25, 0.3) is 10.9 Å². The average Bonchev–Trinajstić information content (AvgIpc) is 3.39. The van der Waals surface area contributed by atoms with Gasteiger partial charge in [0, 0.05) is 17.5 Å². The Morgan fingerprint density at radius 3 is 2.76 bits per heavy atom. The number of ether oxygens (including phenoxy) is 2. The maximum atomic E-state index is 13.5. The van der Waals surface area contributed by atoms with Crippen molar-refractivity contribution in [3.8, 4) is 11.5 Å². The number of methoxy groups -OCH3 is 2. The van der Waals surface area contributed by atoms with Crippen molar-refractivity contribution in [2.45, 2.75) is 50.4 Å². The van der Waals surface area contributed by atoms with Crippen molar-refractivity contribution in [1.82, 2.24) is 14.9 Å². The molecular weight excluding hydrogens is 470 g/mol. The number of hydrogen-bond donors (Lipinski definition) is 1. The van der Waals surface area contributed by atoms with Gasteiger partial charge in [0.15, 0.2) is 16.7 Å². The van der Waals surface area contributed by atoms with Crippen LogP contribution in [0.2, 0.25) is 0 Å². The SMILES string of the molecule is COc1cc2nc(SCC(=O)NCc3cccs3)n(CCC3=CCCCC3)c(=O)c2cc1OC. The molecule has 0 fully saturated rings. The number of rotatable bonds is 10. The van der Waals surface area contributed by atoms with E-state index in [1.807, 2.05) is 17.5 Å². The number of nitrogens with one attached hydrogen (secondary N) is 1. The first-order valence-electron chi connectivity index (χ1n) is 11.4. The summed E-state index contributed by atoms with van der Waals surface area (Å²) in [5.74, 6) is 1.08. The number of thiophene rings is 1. The first-order chi connectivity index (χ1) is 16.6. The highest BCUT2D eigenvalue weighted by Gasteiger charge is 2.17. The van der Waals surface area contributed by atoms with Crippen LogP contribution in [-0.4, -0.2) is 35.4 Å². The molecule has 1 aromatic carbocycles. The van der Waals surface area contributed by atoms with Crippen LogP contribution in [0.3, 0.4) is 0 Å². The van der Waals surface area contributed by atoms with E-state index in [9.17, 15) is 9.59 Å². The average molecular weight is 500 g/mol. The third kappa shape index (κ3) is 5.82. The molecule has 34 heavy (non-hydrogen) atoms. The summed E-state index contributed by atoms with van der Waals surface area (Å²) in [6, 6.07) is 7.35. The van der Waals surface area contributed by atoms with Crippen molar-refractivity contribution in [2.24, 2.45) is 0 Å². The van der Waals surface area contributed by atoms with Gasteiger partial charge in [0.2, 0.25) is 5.91 Å². The van der Waals surface area contributed by atoms with E-state index in [-0.39, 0.29) is 17.2 Å². The molecule has 1 aliphatic rings. The van der Waals surface area contributed by atoms with Crippen molar-refractivity contribution >= 4 is 39.9 Å². The number of amides is 1. The van der Waals surface area contributed by atoms with Gasteiger partial charge in [-0.05, 0) is 49.6 Å². The van der Waals surface area contributed by atoms with E-state index in [0.717, 1.165) is 24.1 Å². The van der Waals surface area contributed by atoms with Crippen LogP contribution >= 0.6 is 23.1 Å². The first kappa shape index (κ1) is 24.3. The second kappa shape index (κ2) is 11.6. The minimum atomic E-state index is -0.135. The lowest BCUT2D eigenvalue weighted by Crippen LogP contribution is -2.27. The van der Waals surface area contributed by atoms with Crippen molar-refractivity contribution in [2.75, 3.05) is 20.0 Å². The fourth-order valence-electron chi connectivity index (χ4n) is 4.00. The molecule has 2 heterocycles. The van der Waals surface area contributed by atoms with Crippen LogP contribution in [0.5, 0.6) is 11.5 Å². The molecule has 1 aliphatic carbocycles. The topological polar surface area (TPSA) is 82.5 Å². The van der Waals surface area contributed by atoms with Crippen LogP contribution < -0.4 is 20.3 Å². The molecule has 180 valence electrons. The zero-order valence-electron chi connectivity index (χ0n) is 19.5. The normalized spacial score (nSPS) is 13.5. The molecule has 0 saturated carbocycles. The molecule has 4 rings (SSSR count). The zero-order valence-corrected chi connectivity index (χ0v) is 21.1. The summed E-state index contributed by atoms with van der Waals surface area (Å²) in [7, 11) is 3.10. The number of carbonyl (C=O) groups is 1. The highest BCUT2D eigenvalue weighted by molar-refractivity contribution is 7.99. The summed E-state index contributed by atoms with van der Waals surface area (Å²) in [4.78, 5) is 31.8. The Morgan fingerprint density at radius 1 is 1.24 bits per heavy atom. The van der Waals surface area contributed by atoms with E-state index in [1.54, 1.807) is 42.3 Å². The number of thioether (sulfide) groups is 1. The van der Waals surface area contributed by atoms with Crippen LogP contribution in [0.15, 0.2) is 51.2 Å². The smallest absolute Gasteiger partial charge is 0.262 e. The molecular formula is C25H29N3O4S2. The van der Waals surface area contributed by atoms with E-state index in [0.29, 0.717) is 40.6 Å². The maximum Gasteiger partial charge on any atom is 0.262 e. The Labute approximate surface area is 207 Å². The Morgan fingerprint density at radius 2 is 2.06 bits per heavy atom. The van der Waals surface area contributed by atoms with Gasteiger partial charge in [-0.25, -0.2) is 4.98 Å². The highest BCUT2D eigenvalue weighted by Crippen LogP contribution is 2.31. The molecule has 0 unspecified atom stereocenters. The van der Waals surface area contributed by atoms with Gasteiger partial charge in [0.05, 0.1) is 37.4 Å². The summed E-state index contributed by atoms with van der Waals surface area (Å²) in [6.45, 7) is 1.03. The minimum Gasteiger partial charge on any atom is -0.493 e. The molecule has 0 atom stereocenters. The van der Waals surface area contributed by atoms with Crippen molar-refractivity contribution in [3.63, 3.8) is 0 Å². The molecule has 7 nitrogen and oxygen atoms in total. The molecule has 9 heteroatoms. The lowest BCUT2D eigenvalue weighted by molar-refractivity contribution is -0.118. The number of nitrogens with zero attached hydrogens (tertiary/aromatic N) is 2. The van der Waals surface area contributed by atoms with Gasteiger partial charge in [-0.15, -0.1) is 11.3 Å². The molecule has 0 saturated heterocycles. The second-order valence-corrected chi connectivity index (χ2v) is 10.1. The first-order valence-corrected chi connectivity index (χ1v) is 13.2. The van der Waals surface area contributed by atoms with Gasteiger partial charge in [-0.2, -0.15) is 0 Å². The van der Waals surface area contributed by atoms with Crippen molar-refractivity contribution in [3.05, 3.63) is 56.5 Å². The van der Waals surface area contributed by atoms with E-state index in [1.165, 1.54) is 30.2 Å². The zero-order chi connectivity index (χ0) is 23.9. The monoisotopic (exact) mass is 499 g/mol. The highest BCUT2D eigenvalue weighted by atomic mass is 32.2. The minimum absolute atomic E-state index is 0.0957. The summed E-state index contributed by atoms with van der Waals surface area (Å²) < 4.78 is 12.5. The Balaban J connectivity index is 1.60. The number of fused-ring (bicyclic) bond motifs is 1. The van der Waals surface area contributed by atoms with Gasteiger partial charge in [-0.1, -0.05) is 29.5 Å². The van der Waals surface area contributed by atoms with E-state index < -0.39 is 0 Å². The van der Waals surface area contributed by atoms with Crippen LogP contribution in [0, 0.1) is 0 Å². The lowest BCUT2D eigenvalue weighted by Gasteiger charge is -2.17. The number of allylic oxidation sites excluding steroid dienone is 2. The Bertz CT molecular complexity index is 1240. The van der Waals surface area contributed by atoms with Crippen LogP contribution in [0.4, 0.5) is 0 Å². The predicted octanol–water partition coefficient (Wildman–Crippen LogP) is 4.77. The quantitative estimate of drug-likeness (QED) is 0.246. The molecule has 0 radical (unpaired) electrons. The van der Waals surface area contributed by atoms with Gasteiger partial charge >= 0.3 is 0 Å². The summed E-state index contributed by atoms with van der Waals surface area (Å²) in [6.07, 6.45) is 7.70. The van der Waals surface area contributed by atoms with E-state index in [2.05, 4.69) is 11.4 Å². The largest absolute Gasteiger partial charge is 0.493 e. The molecule has 1 N–H and O–H groups in total. The molecule has 0 aliphatic heterocycles. The number of carbonyl (C=O) groups excluding carboxylic acids is 1. The summed E-state index contributed by atoms with van der Waals surface area (Å²) in [5.41, 5.74) is 1.77. The third-order valence-corrected chi connectivity index (χ3v) is 7.69. The van der Waals surface area contributed by atoms with E-state index >= 15 is 0 Å². The summed E-state index contributed by atoms with van der Waals surface area (Å²) >= 11 is 2.89. The lowest BCUT2D eigenvalue weighted by atomic mass is 9.97. The van der Waals surface area contributed by atoms with Crippen molar-refractivity contribution < 1.29 is 14.3 Å². The van der Waals surface area contributed by atoms with Gasteiger partial charge in [-0.3, -0.25) is 14.2 Å². The molecule has 1 amide bonds. The molecule has 0 bridgehead atoms. The second-order valence-electron chi connectivity index (χ2n) is 8.08. The predicted molar refractivity (Wildman–Crippen MR) is 137 cm³/mol. The van der Waals surface area contributed by atoms with Crippen molar-refractivity contribution in [1.29, 1.82) is 0 Å². The molecule has 2 aromatic heterocycles. The van der Waals surface area contributed by atoms with Crippen LogP contribution in [0.1, 0.15) is 37.0 Å². The third-order valence-electron chi connectivity index (χ3n) is 5.84. The fourth-order valence-corrected chi connectivity index (χ4v) is 5.50. The van der Waals surface area contributed by atoms with Gasteiger partial charge < -0.3 is 14.8 Å². The number of aromatic nitrogens is 2. The fraction of sp³-hybridized carbons (Fsp3) is 0.400. The maximum absolute atomic E-state index is 13.5. The molecule has 3 aromatic rings. The number of benzene rings is 1. The molecule has 0 spiro atoms.